The van der Waals surface area contributed by atoms with Crippen molar-refractivity contribution in [3.63, 3.8) is 0 Å². The van der Waals surface area contributed by atoms with Crippen LogP contribution in [0.5, 0.6) is 5.75 Å². The number of rotatable bonds is 8. The molecule has 2 aromatic carbocycles. The van der Waals surface area contributed by atoms with Crippen LogP contribution in [0.1, 0.15) is 5.56 Å². The van der Waals surface area contributed by atoms with Crippen molar-refractivity contribution >= 4 is 23.1 Å². The quantitative estimate of drug-likeness (QED) is 0.576. The van der Waals surface area contributed by atoms with Crippen LogP contribution in [0.3, 0.4) is 0 Å². The van der Waals surface area contributed by atoms with Gasteiger partial charge in [-0.2, -0.15) is 4.98 Å². The summed E-state index contributed by atoms with van der Waals surface area (Å²) in [7, 11) is 3.80. The first-order valence-electron chi connectivity index (χ1n) is 10.2. The molecule has 0 saturated heterocycles. The zero-order valence-electron chi connectivity index (χ0n) is 17.6. The highest BCUT2D eigenvalue weighted by Gasteiger charge is 2.24. The number of likely N-dealkylation sites (N-methyl/N-ethyl adjacent to an activating group) is 1. The minimum atomic E-state index is -0.561. The number of para-hydroxylation sites is 1. The summed E-state index contributed by atoms with van der Waals surface area (Å²) in [5.74, 6) is 0.771. The Hall–Kier alpha value is -3.23. The Balaban J connectivity index is 1.43. The number of aliphatic hydroxyl groups is 1. The van der Waals surface area contributed by atoms with Crippen molar-refractivity contribution in [2.45, 2.75) is 12.5 Å². The number of anilines is 4. The Morgan fingerprint density at radius 2 is 1.97 bits per heavy atom. The van der Waals surface area contributed by atoms with E-state index < -0.39 is 11.9 Å². The molecule has 1 aliphatic heterocycles. The highest BCUT2D eigenvalue weighted by atomic mass is 19.1. The first kappa shape index (κ1) is 21.0. The lowest BCUT2D eigenvalue weighted by Gasteiger charge is -2.19. The number of hydrogen-bond acceptors (Lipinski definition) is 7. The van der Waals surface area contributed by atoms with Gasteiger partial charge in [0.15, 0.2) is 11.6 Å². The Morgan fingerprint density at radius 1 is 1.19 bits per heavy atom. The number of aromatic nitrogens is 2. The lowest BCUT2D eigenvalue weighted by molar-refractivity contribution is 0.0831. The van der Waals surface area contributed by atoms with Crippen molar-refractivity contribution in [1.29, 1.82) is 0 Å². The van der Waals surface area contributed by atoms with Gasteiger partial charge >= 0.3 is 0 Å². The van der Waals surface area contributed by atoms with Crippen LogP contribution in [0.2, 0.25) is 0 Å². The van der Waals surface area contributed by atoms with Gasteiger partial charge in [-0.25, -0.2) is 9.37 Å². The van der Waals surface area contributed by atoms with E-state index in [4.69, 9.17) is 4.74 Å². The number of aliphatic hydroxyl groups excluding tert-OH is 1. The first-order chi connectivity index (χ1) is 15.0. The van der Waals surface area contributed by atoms with Crippen LogP contribution in [-0.2, 0) is 6.42 Å². The molecule has 2 heterocycles. The molecule has 8 heteroatoms. The average molecular weight is 423 g/mol. The number of fused-ring (bicyclic) bond motifs is 1. The van der Waals surface area contributed by atoms with E-state index in [0.29, 0.717) is 24.8 Å². The second-order valence-corrected chi connectivity index (χ2v) is 7.77. The molecule has 0 bridgehead atoms. The van der Waals surface area contributed by atoms with Gasteiger partial charge in [-0.3, -0.25) is 0 Å². The standard InChI is InChI=1S/C23H26FN5O2/c1-28(2)14-18(30)15-31-19-9-7-17(8-10-19)26-23-25-13-20(24)22(27-23)29-12-11-16-5-3-4-6-21(16)29/h3-10,13,18,30H,11-12,14-15H2,1-2H3,(H,25,26,27). The smallest absolute Gasteiger partial charge is 0.229 e. The zero-order valence-corrected chi connectivity index (χ0v) is 17.6. The Bertz CT molecular complexity index is 1030. The van der Waals surface area contributed by atoms with Crippen LogP contribution in [0.25, 0.3) is 0 Å². The fraction of sp³-hybridized carbons (Fsp3) is 0.304. The second kappa shape index (κ2) is 9.28. The van der Waals surface area contributed by atoms with Gasteiger partial charge in [0, 0.05) is 24.5 Å². The summed E-state index contributed by atoms with van der Waals surface area (Å²) in [4.78, 5) is 12.3. The highest BCUT2D eigenvalue weighted by Crippen LogP contribution is 2.34. The van der Waals surface area contributed by atoms with E-state index in [1.165, 1.54) is 11.8 Å². The van der Waals surface area contributed by atoms with Crippen LogP contribution in [0.4, 0.5) is 27.5 Å². The molecule has 0 spiro atoms. The summed E-state index contributed by atoms with van der Waals surface area (Å²) >= 11 is 0. The molecule has 31 heavy (non-hydrogen) atoms. The Labute approximate surface area is 181 Å². The number of benzene rings is 2. The number of hydrogen-bond donors (Lipinski definition) is 2. The van der Waals surface area contributed by atoms with E-state index in [1.807, 2.05) is 54.2 Å². The molecule has 4 rings (SSSR count). The molecule has 1 aliphatic rings. The van der Waals surface area contributed by atoms with Gasteiger partial charge in [0.1, 0.15) is 18.5 Å². The maximum absolute atomic E-state index is 14.5. The summed E-state index contributed by atoms with van der Waals surface area (Å²) in [6.45, 7) is 1.43. The van der Waals surface area contributed by atoms with Crippen molar-refractivity contribution in [2.75, 3.05) is 44.0 Å². The van der Waals surface area contributed by atoms with Crippen LogP contribution >= 0.6 is 0 Å². The lowest BCUT2D eigenvalue weighted by atomic mass is 10.2. The molecule has 162 valence electrons. The average Bonchev–Trinajstić information content (AvgIpc) is 3.18. The molecule has 1 aromatic heterocycles. The third kappa shape index (κ3) is 5.10. The Morgan fingerprint density at radius 3 is 2.74 bits per heavy atom. The molecular formula is C23H26FN5O2. The maximum Gasteiger partial charge on any atom is 0.229 e. The van der Waals surface area contributed by atoms with Crippen LogP contribution < -0.4 is 15.0 Å². The van der Waals surface area contributed by atoms with Crippen molar-refractivity contribution in [2.24, 2.45) is 0 Å². The van der Waals surface area contributed by atoms with Gasteiger partial charge < -0.3 is 25.0 Å². The van der Waals surface area contributed by atoms with E-state index in [9.17, 15) is 9.50 Å². The third-order valence-electron chi connectivity index (χ3n) is 5.00. The summed E-state index contributed by atoms with van der Waals surface area (Å²) in [5, 5.41) is 13.0. The van der Waals surface area contributed by atoms with Crippen LogP contribution in [0.15, 0.2) is 54.7 Å². The van der Waals surface area contributed by atoms with Crippen molar-refractivity contribution in [3.05, 3.63) is 66.1 Å². The maximum atomic E-state index is 14.5. The fourth-order valence-corrected chi connectivity index (χ4v) is 3.60. The number of halogens is 1. The molecule has 7 nitrogen and oxygen atoms in total. The molecule has 3 aromatic rings. The van der Waals surface area contributed by atoms with Gasteiger partial charge in [0.25, 0.3) is 0 Å². The molecule has 0 aliphatic carbocycles. The van der Waals surface area contributed by atoms with Gasteiger partial charge in [-0.05, 0) is 56.4 Å². The van der Waals surface area contributed by atoms with Crippen molar-refractivity contribution in [1.82, 2.24) is 14.9 Å². The predicted molar refractivity (Wildman–Crippen MR) is 119 cm³/mol. The summed E-state index contributed by atoms with van der Waals surface area (Å²) < 4.78 is 20.1. The number of nitrogens with zero attached hydrogens (tertiary/aromatic N) is 4. The minimum absolute atomic E-state index is 0.215. The predicted octanol–water partition coefficient (Wildman–Crippen LogP) is 3.35. The highest BCUT2D eigenvalue weighted by molar-refractivity contribution is 5.68. The molecule has 0 radical (unpaired) electrons. The largest absolute Gasteiger partial charge is 0.491 e. The van der Waals surface area contributed by atoms with Crippen LogP contribution in [0, 0.1) is 5.82 Å². The third-order valence-corrected chi connectivity index (χ3v) is 5.00. The van der Waals surface area contributed by atoms with Gasteiger partial charge in [0.2, 0.25) is 5.95 Å². The van der Waals surface area contributed by atoms with E-state index in [1.54, 1.807) is 12.1 Å². The molecule has 2 N–H and O–H groups in total. The SMILES string of the molecule is CN(C)CC(O)COc1ccc(Nc2ncc(F)c(N3CCc4ccccc43)n2)cc1. The first-order valence-corrected chi connectivity index (χ1v) is 10.2. The molecular weight excluding hydrogens is 397 g/mol. The van der Waals surface area contributed by atoms with Gasteiger partial charge in [0.05, 0.1) is 6.20 Å². The molecule has 1 atom stereocenters. The van der Waals surface area contributed by atoms with E-state index >= 15 is 0 Å². The van der Waals surface area contributed by atoms with Crippen molar-refractivity contribution < 1.29 is 14.2 Å². The van der Waals surface area contributed by atoms with E-state index in [0.717, 1.165) is 17.8 Å². The Kier molecular flexibility index (Phi) is 6.29. The zero-order chi connectivity index (χ0) is 21.8. The fourth-order valence-electron chi connectivity index (χ4n) is 3.60. The van der Waals surface area contributed by atoms with Gasteiger partial charge in [-0.1, -0.05) is 18.2 Å². The minimum Gasteiger partial charge on any atom is -0.491 e. The summed E-state index contributed by atoms with van der Waals surface area (Å²) in [6.07, 6.45) is 1.48. The molecule has 0 fully saturated rings. The van der Waals surface area contributed by atoms with E-state index in [2.05, 4.69) is 21.4 Å². The lowest BCUT2D eigenvalue weighted by Crippen LogP contribution is -2.30. The summed E-state index contributed by atoms with van der Waals surface area (Å²) in [5.41, 5.74) is 2.91. The molecule has 0 amide bonds. The van der Waals surface area contributed by atoms with E-state index in [-0.39, 0.29) is 12.4 Å². The number of nitrogens with one attached hydrogen (secondary N) is 1. The van der Waals surface area contributed by atoms with Crippen LogP contribution in [-0.4, -0.2) is 59.9 Å². The van der Waals surface area contributed by atoms with Gasteiger partial charge in [-0.15, -0.1) is 0 Å². The molecule has 1 unspecified atom stereocenters. The summed E-state index contributed by atoms with van der Waals surface area (Å²) in [6, 6.07) is 15.2. The molecule has 0 saturated carbocycles. The monoisotopic (exact) mass is 423 g/mol. The normalized spacial score (nSPS) is 13.9. The van der Waals surface area contributed by atoms with Crippen molar-refractivity contribution in [3.8, 4) is 5.75 Å². The second-order valence-electron chi connectivity index (χ2n) is 7.77. The topological polar surface area (TPSA) is 73.8 Å². The number of ether oxygens (including phenoxy) is 1.